The molecule has 0 saturated heterocycles. The molecule has 0 saturated carbocycles. The summed E-state index contributed by atoms with van der Waals surface area (Å²) in [4.78, 5) is 38.1. The summed E-state index contributed by atoms with van der Waals surface area (Å²) in [5, 5.41) is 0. The summed E-state index contributed by atoms with van der Waals surface area (Å²) in [5.41, 5.74) is 0. The van der Waals surface area contributed by atoms with E-state index in [-0.39, 0.29) is 31.6 Å². The van der Waals surface area contributed by atoms with Crippen LogP contribution in [0.5, 0.6) is 0 Å². The monoisotopic (exact) mass is 1030 g/mol. The Balaban J connectivity index is 4.36. The first-order valence-electron chi connectivity index (χ1n) is 30.0. The van der Waals surface area contributed by atoms with Gasteiger partial charge in [-0.25, -0.2) is 0 Å². The van der Waals surface area contributed by atoms with Gasteiger partial charge in [0.1, 0.15) is 13.2 Å². The van der Waals surface area contributed by atoms with Gasteiger partial charge in [-0.3, -0.25) is 14.4 Å². The molecule has 0 aromatic rings. The molecule has 0 rings (SSSR count). The van der Waals surface area contributed by atoms with Crippen LogP contribution in [0.1, 0.15) is 239 Å². The Bertz CT molecular complexity index is 1710. The number of esters is 3. The van der Waals surface area contributed by atoms with E-state index in [1.54, 1.807) is 0 Å². The zero-order chi connectivity index (χ0) is 54.3. The van der Waals surface area contributed by atoms with Crippen LogP contribution in [0.15, 0.2) is 158 Å². The van der Waals surface area contributed by atoms with Gasteiger partial charge >= 0.3 is 17.9 Å². The SMILES string of the molecule is CC/C=C\C/C=C\C/C=C\C/C=C\C/C=C\C/C=C\C/C=C\C/C=C\CCCCCCCCC(=O)OCC(COC(=O)CCCCCCC/C=C\CCCCCC)OC(=O)CC/C=C\C/C=C\C/C=C\C/C=C\CC. The third-order valence-electron chi connectivity index (χ3n) is 12.0. The van der Waals surface area contributed by atoms with Crippen LogP contribution in [0.25, 0.3) is 0 Å². The normalized spacial score (nSPS) is 13.3. The first-order valence-corrected chi connectivity index (χ1v) is 30.0. The van der Waals surface area contributed by atoms with Crippen molar-refractivity contribution in [1.82, 2.24) is 0 Å². The number of carbonyl (C=O) groups excluding carboxylic acids is 3. The minimum Gasteiger partial charge on any atom is -0.462 e. The lowest BCUT2D eigenvalue weighted by atomic mass is 10.1. The molecule has 6 nitrogen and oxygen atoms in total. The fourth-order valence-electron chi connectivity index (χ4n) is 7.58. The third kappa shape index (κ3) is 59.8. The molecule has 1 atom stereocenters. The lowest BCUT2D eigenvalue weighted by Crippen LogP contribution is -2.30. The summed E-state index contributed by atoms with van der Waals surface area (Å²) in [7, 11) is 0. The van der Waals surface area contributed by atoms with Crippen molar-refractivity contribution in [3.8, 4) is 0 Å². The molecular weight excluding hydrogens is 925 g/mol. The van der Waals surface area contributed by atoms with Gasteiger partial charge < -0.3 is 14.2 Å². The van der Waals surface area contributed by atoms with Gasteiger partial charge in [0.25, 0.3) is 0 Å². The van der Waals surface area contributed by atoms with Gasteiger partial charge in [-0.1, -0.05) is 243 Å². The summed E-state index contributed by atoms with van der Waals surface area (Å²) < 4.78 is 16.7. The molecule has 0 heterocycles. The highest BCUT2D eigenvalue weighted by Crippen LogP contribution is 2.13. The largest absolute Gasteiger partial charge is 0.462 e. The van der Waals surface area contributed by atoms with Crippen molar-refractivity contribution in [1.29, 1.82) is 0 Å². The molecule has 0 spiro atoms. The number of allylic oxidation sites excluding steroid dienone is 26. The minimum atomic E-state index is -0.832. The Labute approximate surface area is 460 Å². The van der Waals surface area contributed by atoms with Gasteiger partial charge in [0.2, 0.25) is 0 Å². The van der Waals surface area contributed by atoms with E-state index in [1.807, 2.05) is 12.2 Å². The maximum Gasteiger partial charge on any atom is 0.306 e. The van der Waals surface area contributed by atoms with E-state index < -0.39 is 12.1 Å². The van der Waals surface area contributed by atoms with Crippen LogP contribution in [0.3, 0.4) is 0 Å². The summed E-state index contributed by atoms with van der Waals surface area (Å²) in [6.45, 7) is 6.29. The van der Waals surface area contributed by atoms with Crippen LogP contribution in [0.2, 0.25) is 0 Å². The lowest BCUT2D eigenvalue weighted by Gasteiger charge is -2.18. The van der Waals surface area contributed by atoms with E-state index in [0.29, 0.717) is 19.3 Å². The van der Waals surface area contributed by atoms with Crippen molar-refractivity contribution in [3.63, 3.8) is 0 Å². The van der Waals surface area contributed by atoms with Crippen LogP contribution in [-0.4, -0.2) is 37.2 Å². The molecule has 0 aliphatic rings. The van der Waals surface area contributed by atoms with E-state index in [4.69, 9.17) is 14.2 Å². The van der Waals surface area contributed by atoms with Crippen LogP contribution in [0, 0.1) is 0 Å². The van der Waals surface area contributed by atoms with Gasteiger partial charge in [0.15, 0.2) is 6.10 Å². The Morgan fingerprint density at radius 2 is 0.547 bits per heavy atom. The maximum absolute atomic E-state index is 12.8. The topological polar surface area (TPSA) is 78.9 Å². The second-order valence-electron chi connectivity index (χ2n) is 19.1. The molecule has 0 amide bonds. The van der Waals surface area contributed by atoms with Crippen molar-refractivity contribution in [2.24, 2.45) is 0 Å². The third-order valence-corrected chi connectivity index (χ3v) is 12.0. The Hall–Kier alpha value is -4.97. The van der Waals surface area contributed by atoms with Gasteiger partial charge in [-0.15, -0.1) is 0 Å². The van der Waals surface area contributed by atoms with Crippen LogP contribution < -0.4 is 0 Å². The quantitative estimate of drug-likeness (QED) is 0.0261. The van der Waals surface area contributed by atoms with E-state index in [9.17, 15) is 14.4 Å². The molecule has 0 aliphatic heterocycles. The van der Waals surface area contributed by atoms with Crippen LogP contribution in [-0.2, 0) is 28.6 Å². The summed E-state index contributed by atoms with van der Waals surface area (Å²) >= 11 is 0. The Morgan fingerprint density at radius 1 is 0.280 bits per heavy atom. The van der Waals surface area contributed by atoms with E-state index in [0.717, 1.165) is 141 Å². The molecule has 1 unspecified atom stereocenters. The van der Waals surface area contributed by atoms with Crippen LogP contribution in [0.4, 0.5) is 0 Å². The highest BCUT2D eigenvalue weighted by atomic mass is 16.6. The molecule has 0 bridgehead atoms. The standard InChI is InChI=1S/C69H108O6/c1-4-7-10-13-16-19-22-25-26-27-28-29-30-31-32-33-34-35-36-37-38-39-40-41-42-45-47-50-53-56-59-62-68(71)74-65-66(75-69(72)63-60-57-54-51-48-44-24-21-18-15-12-9-6-3)64-73-67(70)61-58-55-52-49-46-43-23-20-17-14-11-8-5-2/h7,9-10,12,16,18-21,23,25-26,28-29,31-32,34-35,37-38,40-41,44,48,54,57,66H,4-6,8,11,13-15,17,22,24,27,30,33,36,39,42-43,45-47,49-53,55-56,58-65H2,1-3H3/b10-7-,12-9-,19-16-,21-18-,23-20-,26-25-,29-28-,32-31-,35-34-,38-37-,41-40-,48-44-,57-54-. The van der Waals surface area contributed by atoms with Gasteiger partial charge in [-0.05, 0) is 135 Å². The number of unbranched alkanes of at least 4 members (excludes halogenated alkanes) is 15. The molecule has 75 heavy (non-hydrogen) atoms. The number of hydrogen-bond donors (Lipinski definition) is 0. The van der Waals surface area contributed by atoms with Crippen molar-refractivity contribution in [2.45, 2.75) is 245 Å². The summed E-state index contributed by atoms with van der Waals surface area (Å²) in [6, 6.07) is 0. The van der Waals surface area contributed by atoms with E-state index in [2.05, 4.69) is 167 Å². The number of carbonyl (C=O) groups is 3. The highest BCUT2D eigenvalue weighted by Gasteiger charge is 2.19. The van der Waals surface area contributed by atoms with Gasteiger partial charge in [0, 0.05) is 19.3 Å². The predicted octanol–water partition coefficient (Wildman–Crippen LogP) is 20.5. The molecule has 6 heteroatoms. The van der Waals surface area contributed by atoms with Crippen molar-refractivity contribution in [2.75, 3.05) is 13.2 Å². The van der Waals surface area contributed by atoms with Crippen molar-refractivity contribution in [3.05, 3.63) is 158 Å². The first kappa shape index (κ1) is 70.0. The molecule has 0 radical (unpaired) electrons. The molecule has 0 fully saturated rings. The van der Waals surface area contributed by atoms with E-state index in [1.165, 1.54) is 51.4 Å². The fraction of sp³-hybridized carbons (Fsp3) is 0.580. The molecule has 420 valence electrons. The van der Waals surface area contributed by atoms with Gasteiger partial charge in [0.05, 0.1) is 0 Å². The number of hydrogen-bond acceptors (Lipinski definition) is 6. The zero-order valence-electron chi connectivity index (χ0n) is 48.0. The van der Waals surface area contributed by atoms with Crippen LogP contribution >= 0.6 is 0 Å². The fourth-order valence-corrected chi connectivity index (χ4v) is 7.58. The average molecular weight is 1030 g/mol. The Morgan fingerprint density at radius 3 is 0.880 bits per heavy atom. The number of ether oxygens (including phenoxy) is 3. The highest BCUT2D eigenvalue weighted by molar-refractivity contribution is 5.71. The smallest absolute Gasteiger partial charge is 0.306 e. The average Bonchev–Trinajstić information content (AvgIpc) is 3.41. The zero-order valence-corrected chi connectivity index (χ0v) is 48.0. The number of rotatable bonds is 52. The van der Waals surface area contributed by atoms with Crippen molar-refractivity contribution < 1.29 is 28.6 Å². The predicted molar refractivity (Wildman–Crippen MR) is 325 cm³/mol. The lowest BCUT2D eigenvalue weighted by molar-refractivity contribution is -0.166. The maximum atomic E-state index is 12.8. The first-order chi connectivity index (χ1) is 37.0. The second kappa shape index (κ2) is 61.6. The molecule has 0 aromatic carbocycles. The molecular formula is C69H108O6. The Kier molecular flexibility index (Phi) is 57.5. The minimum absolute atomic E-state index is 0.121. The molecule has 0 N–H and O–H groups in total. The van der Waals surface area contributed by atoms with Crippen molar-refractivity contribution >= 4 is 17.9 Å². The summed E-state index contributed by atoms with van der Waals surface area (Å²) in [6.07, 6.45) is 89.7. The second-order valence-corrected chi connectivity index (χ2v) is 19.1. The molecule has 0 aromatic heterocycles. The van der Waals surface area contributed by atoms with Gasteiger partial charge in [-0.2, -0.15) is 0 Å². The van der Waals surface area contributed by atoms with E-state index >= 15 is 0 Å². The molecule has 0 aliphatic carbocycles. The summed E-state index contributed by atoms with van der Waals surface area (Å²) in [5.74, 6) is -1.04.